The quantitative estimate of drug-likeness (QED) is 0.528. The molecule has 0 aliphatic rings. The summed E-state index contributed by atoms with van der Waals surface area (Å²) in [6.07, 6.45) is 0.945. The standard InChI is InChI=1S/C21H22N4O3S/c1-28-18-10-6-5-9-17(18)24-20(27)25-21-23-16(14-29-21)13-19(26)22-12-11-15-7-3-2-4-8-15/h2-10,14H,11-13H2,1H3,(H,22,26)(H2,23,24,25,27). The fraction of sp³-hybridized carbons (Fsp3) is 0.190. The first-order valence-electron chi connectivity index (χ1n) is 9.10. The van der Waals surface area contributed by atoms with E-state index in [2.05, 4.69) is 20.9 Å². The third-order valence-corrected chi connectivity index (χ3v) is 4.85. The monoisotopic (exact) mass is 410 g/mol. The summed E-state index contributed by atoms with van der Waals surface area (Å²) in [4.78, 5) is 28.5. The summed E-state index contributed by atoms with van der Waals surface area (Å²) in [6.45, 7) is 0.569. The van der Waals surface area contributed by atoms with E-state index < -0.39 is 6.03 Å². The summed E-state index contributed by atoms with van der Waals surface area (Å²) in [5.74, 6) is 0.464. The number of carbonyl (C=O) groups is 2. The van der Waals surface area contributed by atoms with Crippen LogP contribution in [0.2, 0.25) is 0 Å². The van der Waals surface area contributed by atoms with E-state index in [1.54, 1.807) is 23.6 Å². The number of nitrogens with zero attached hydrogens (tertiary/aromatic N) is 1. The van der Waals surface area contributed by atoms with E-state index in [1.807, 2.05) is 36.4 Å². The molecule has 1 aromatic heterocycles. The number of amides is 3. The Bertz CT molecular complexity index is 959. The van der Waals surface area contributed by atoms with Gasteiger partial charge in [0.25, 0.3) is 0 Å². The lowest BCUT2D eigenvalue weighted by Gasteiger charge is -2.09. The Morgan fingerprint density at radius 2 is 1.79 bits per heavy atom. The maximum absolute atomic E-state index is 12.2. The minimum atomic E-state index is -0.428. The third kappa shape index (κ3) is 6.32. The second-order valence-electron chi connectivity index (χ2n) is 6.19. The van der Waals surface area contributed by atoms with Crippen molar-refractivity contribution in [2.75, 3.05) is 24.3 Å². The zero-order chi connectivity index (χ0) is 20.5. The second-order valence-corrected chi connectivity index (χ2v) is 7.04. The van der Waals surface area contributed by atoms with Crippen molar-refractivity contribution in [1.29, 1.82) is 0 Å². The average Bonchev–Trinajstić information content (AvgIpc) is 3.15. The van der Waals surface area contributed by atoms with Crippen molar-refractivity contribution in [3.8, 4) is 5.75 Å². The van der Waals surface area contributed by atoms with Crippen LogP contribution in [-0.2, 0) is 17.6 Å². The van der Waals surface area contributed by atoms with Gasteiger partial charge in [-0.1, -0.05) is 42.5 Å². The molecular weight excluding hydrogens is 388 g/mol. The molecular formula is C21H22N4O3S. The van der Waals surface area contributed by atoms with Crippen LogP contribution in [0, 0.1) is 0 Å². The molecule has 0 spiro atoms. The summed E-state index contributed by atoms with van der Waals surface area (Å²) < 4.78 is 5.20. The molecule has 29 heavy (non-hydrogen) atoms. The molecule has 0 aliphatic carbocycles. The van der Waals surface area contributed by atoms with Crippen LogP contribution in [0.1, 0.15) is 11.3 Å². The van der Waals surface area contributed by atoms with Crippen molar-refractivity contribution < 1.29 is 14.3 Å². The van der Waals surface area contributed by atoms with Crippen LogP contribution in [0.15, 0.2) is 60.0 Å². The van der Waals surface area contributed by atoms with Gasteiger partial charge in [-0.3, -0.25) is 10.1 Å². The molecule has 150 valence electrons. The van der Waals surface area contributed by atoms with E-state index >= 15 is 0 Å². The van der Waals surface area contributed by atoms with E-state index in [-0.39, 0.29) is 12.3 Å². The second kappa shape index (κ2) is 10.2. The van der Waals surface area contributed by atoms with Gasteiger partial charge in [0.2, 0.25) is 5.91 Å². The number of methoxy groups -OCH3 is 1. The number of anilines is 2. The summed E-state index contributed by atoms with van der Waals surface area (Å²) in [5.41, 5.74) is 2.34. The predicted octanol–water partition coefficient (Wildman–Crippen LogP) is 3.70. The minimum Gasteiger partial charge on any atom is -0.495 e. The minimum absolute atomic E-state index is 0.101. The van der Waals surface area contributed by atoms with Gasteiger partial charge in [-0.05, 0) is 24.1 Å². The molecule has 3 N–H and O–H groups in total. The molecule has 3 rings (SSSR count). The maximum atomic E-state index is 12.2. The molecule has 1 heterocycles. The molecule has 3 amide bonds. The van der Waals surface area contributed by atoms with Gasteiger partial charge in [0.1, 0.15) is 5.75 Å². The summed E-state index contributed by atoms with van der Waals surface area (Å²) in [7, 11) is 1.54. The van der Waals surface area contributed by atoms with Crippen molar-refractivity contribution in [2.24, 2.45) is 0 Å². The third-order valence-electron chi connectivity index (χ3n) is 4.05. The Balaban J connectivity index is 1.45. The topological polar surface area (TPSA) is 92.3 Å². The number of aromatic nitrogens is 1. The largest absolute Gasteiger partial charge is 0.495 e. The molecule has 0 atom stereocenters. The number of para-hydroxylation sites is 2. The molecule has 2 aromatic carbocycles. The lowest BCUT2D eigenvalue weighted by Crippen LogP contribution is -2.27. The molecule has 0 aliphatic heterocycles. The molecule has 0 bridgehead atoms. The molecule has 0 fully saturated rings. The Kier molecular flexibility index (Phi) is 7.18. The van der Waals surface area contributed by atoms with Gasteiger partial charge in [0.15, 0.2) is 5.13 Å². The van der Waals surface area contributed by atoms with Crippen LogP contribution < -0.4 is 20.7 Å². The van der Waals surface area contributed by atoms with Gasteiger partial charge >= 0.3 is 6.03 Å². The number of ether oxygens (including phenoxy) is 1. The molecule has 0 saturated carbocycles. The predicted molar refractivity (Wildman–Crippen MR) is 115 cm³/mol. The zero-order valence-electron chi connectivity index (χ0n) is 16.0. The lowest BCUT2D eigenvalue weighted by atomic mass is 10.1. The highest BCUT2D eigenvalue weighted by Crippen LogP contribution is 2.23. The van der Waals surface area contributed by atoms with Crippen molar-refractivity contribution in [3.05, 3.63) is 71.2 Å². The smallest absolute Gasteiger partial charge is 0.325 e. The summed E-state index contributed by atoms with van der Waals surface area (Å²) in [6, 6.07) is 16.7. The molecule has 0 radical (unpaired) electrons. The maximum Gasteiger partial charge on any atom is 0.325 e. The Labute approximate surface area is 173 Å². The van der Waals surface area contributed by atoms with E-state index in [9.17, 15) is 9.59 Å². The van der Waals surface area contributed by atoms with E-state index in [0.29, 0.717) is 28.8 Å². The number of urea groups is 1. The zero-order valence-corrected chi connectivity index (χ0v) is 16.8. The van der Waals surface area contributed by atoms with Crippen LogP contribution in [0.25, 0.3) is 0 Å². The van der Waals surface area contributed by atoms with Crippen LogP contribution in [-0.4, -0.2) is 30.6 Å². The average molecular weight is 410 g/mol. The van der Waals surface area contributed by atoms with Gasteiger partial charge in [0, 0.05) is 11.9 Å². The highest BCUT2D eigenvalue weighted by molar-refractivity contribution is 7.14. The van der Waals surface area contributed by atoms with Gasteiger partial charge in [-0.25, -0.2) is 9.78 Å². The SMILES string of the molecule is COc1ccccc1NC(=O)Nc1nc(CC(=O)NCCc2ccccc2)cs1. The first-order chi connectivity index (χ1) is 14.1. The summed E-state index contributed by atoms with van der Waals surface area (Å²) >= 11 is 1.27. The highest BCUT2D eigenvalue weighted by atomic mass is 32.1. The van der Waals surface area contributed by atoms with Crippen molar-refractivity contribution in [3.63, 3.8) is 0 Å². The number of benzene rings is 2. The van der Waals surface area contributed by atoms with Gasteiger partial charge in [-0.2, -0.15) is 0 Å². The fourth-order valence-electron chi connectivity index (χ4n) is 2.66. The van der Waals surface area contributed by atoms with Crippen LogP contribution >= 0.6 is 11.3 Å². The Morgan fingerprint density at radius 1 is 1.03 bits per heavy atom. The van der Waals surface area contributed by atoms with Crippen molar-refractivity contribution >= 4 is 34.1 Å². The normalized spacial score (nSPS) is 10.2. The van der Waals surface area contributed by atoms with Gasteiger partial charge in [-0.15, -0.1) is 11.3 Å². The van der Waals surface area contributed by atoms with E-state index in [1.165, 1.54) is 24.0 Å². The summed E-state index contributed by atoms with van der Waals surface area (Å²) in [5, 5.41) is 10.5. The Morgan fingerprint density at radius 3 is 2.59 bits per heavy atom. The van der Waals surface area contributed by atoms with Crippen molar-refractivity contribution in [2.45, 2.75) is 12.8 Å². The number of hydrogen-bond donors (Lipinski definition) is 3. The lowest BCUT2D eigenvalue weighted by molar-refractivity contribution is -0.120. The number of nitrogens with one attached hydrogen (secondary N) is 3. The Hall–Kier alpha value is -3.39. The first kappa shape index (κ1) is 20.3. The molecule has 0 saturated heterocycles. The van der Waals surface area contributed by atoms with Crippen LogP contribution in [0.3, 0.4) is 0 Å². The molecule has 0 unspecified atom stereocenters. The van der Waals surface area contributed by atoms with Crippen molar-refractivity contribution in [1.82, 2.24) is 10.3 Å². The van der Waals surface area contributed by atoms with Crippen LogP contribution in [0.4, 0.5) is 15.6 Å². The first-order valence-corrected chi connectivity index (χ1v) is 9.98. The molecule has 7 nitrogen and oxygen atoms in total. The van der Waals surface area contributed by atoms with Gasteiger partial charge < -0.3 is 15.4 Å². The molecule has 3 aromatic rings. The number of thiazole rings is 1. The number of rotatable bonds is 8. The van der Waals surface area contributed by atoms with Crippen LogP contribution in [0.5, 0.6) is 5.75 Å². The number of carbonyl (C=O) groups excluding carboxylic acids is 2. The molecule has 8 heteroatoms. The fourth-order valence-corrected chi connectivity index (χ4v) is 3.37. The van der Waals surface area contributed by atoms with E-state index in [4.69, 9.17) is 4.74 Å². The highest BCUT2D eigenvalue weighted by Gasteiger charge is 2.11. The van der Waals surface area contributed by atoms with Gasteiger partial charge in [0.05, 0.1) is 24.9 Å². The number of hydrogen-bond acceptors (Lipinski definition) is 5. The van der Waals surface area contributed by atoms with E-state index in [0.717, 1.165) is 6.42 Å².